The highest BCUT2D eigenvalue weighted by Gasteiger charge is 2.19. The summed E-state index contributed by atoms with van der Waals surface area (Å²) >= 11 is 0. The van der Waals surface area contributed by atoms with Crippen molar-refractivity contribution in [1.29, 1.82) is 0 Å². The second kappa shape index (κ2) is 6.73. The van der Waals surface area contributed by atoms with Crippen LogP contribution in [0.25, 0.3) is 0 Å². The number of hydrogen-bond acceptors (Lipinski definition) is 2. The third kappa shape index (κ3) is 4.92. The van der Waals surface area contributed by atoms with Gasteiger partial charge in [-0.2, -0.15) is 0 Å². The third-order valence-corrected chi connectivity index (χ3v) is 4.07. The number of hydrogen-bond donors (Lipinski definition) is 1. The molecule has 20 heavy (non-hydrogen) atoms. The summed E-state index contributed by atoms with van der Waals surface area (Å²) in [6, 6.07) is 8.94. The molecule has 1 fully saturated rings. The van der Waals surface area contributed by atoms with Gasteiger partial charge in [-0.15, -0.1) is 0 Å². The Morgan fingerprint density at radius 2 is 1.90 bits per heavy atom. The molecule has 0 amide bonds. The molecule has 1 N–H and O–H groups in total. The molecule has 1 heterocycles. The van der Waals surface area contributed by atoms with Gasteiger partial charge in [0, 0.05) is 18.6 Å². The van der Waals surface area contributed by atoms with Crippen LogP contribution in [0.4, 0.5) is 0 Å². The van der Waals surface area contributed by atoms with Crippen LogP contribution in [0.1, 0.15) is 45.2 Å². The van der Waals surface area contributed by atoms with Crippen molar-refractivity contribution in [3.8, 4) is 0 Å². The highest BCUT2D eigenvalue weighted by molar-refractivity contribution is 5.27. The van der Waals surface area contributed by atoms with Crippen LogP contribution in [0.2, 0.25) is 0 Å². The summed E-state index contributed by atoms with van der Waals surface area (Å²) in [5.74, 6) is 0.865. The van der Waals surface area contributed by atoms with Gasteiger partial charge in [0.1, 0.15) is 0 Å². The van der Waals surface area contributed by atoms with Crippen molar-refractivity contribution in [3.05, 3.63) is 35.4 Å². The van der Waals surface area contributed by atoms with Gasteiger partial charge in [0.2, 0.25) is 0 Å². The first-order valence-corrected chi connectivity index (χ1v) is 7.98. The van der Waals surface area contributed by atoms with E-state index in [2.05, 4.69) is 62.2 Å². The van der Waals surface area contributed by atoms with E-state index in [1.165, 1.54) is 30.6 Å². The predicted octanol–water partition coefficient (Wildman–Crippen LogP) is 3.46. The van der Waals surface area contributed by atoms with Crippen LogP contribution in [-0.4, -0.2) is 30.1 Å². The van der Waals surface area contributed by atoms with E-state index in [4.69, 9.17) is 0 Å². The van der Waals surface area contributed by atoms with Crippen LogP contribution in [0.15, 0.2) is 24.3 Å². The SMILES string of the molecule is CC1CCN(Cc2ccccc2CCNC(C)(C)C)C1. The van der Waals surface area contributed by atoms with E-state index < -0.39 is 0 Å². The highest BCUT2D eigenvalue weighted by Crippen LogP contribution is 2.20. The molecule has 0 aromatic heterocycles. The highest BCUT2D eigenvalue weighted by atomic mass is 15.1. The zero-order chi connectivity index (χ0) is 14.6. The van der Waals surface area contributed by atoms with Crippen molar-refractivity contribution in [3.63, 3.8) is 0 Å². The van der Waals surface area contributed by atoms with E-state index in [1.54, 1.807) is 0 Å². The Balaban J connectivity index is 1.92. The fraction of sp³-hybridized carbons (Fsp3) is 0.667. The van der Waals surface area contributed by atoms with E-state index in [9.17, 15) is 0 Å². The molecule has 0 radical (unpaired) electrons. The first kappa shape index (κ1) is 15.5. The summed E-state index contributed by atoms with van der Waals surface area (Å²) in [5, 5.41) is 3.58. The van der Waals surface area contributed by atoms with Crippen LogP contribution >= 0.6 is 0 Å². The molecule has 0 aliphatic carbocycles. The first-order chi connectivity index (χ1) is 9.44. The molecule has 1 aromatic carbocycles. The van der Waals surface area contributed by atoms with E-state index in [1.807, 2.05) is 0 Å². The summed E-state index contributed by atoms with van der Waals surface area (Å²) in [5.41, 5.74) is 3.22. The zero-order valence-electron chi connectivity index (χ0n) is 13.6. The number of nitrogens with zero attached hydrogens (tertiary/aromatic N) is 1. The molecule has 2 nitrogen and oxygen atoms in total. The van der Waals surface area contributed by atoms with E-state index in [-0.39, 0.29) is 5.54 Å². The molecule has 1 unspecified atom stereocenters. The van der Waals surface area contributed by atoms with Gasteiger partial charge in [0.05, 0.1) is 0 Å². The Labute approximate surface area is 124 Å². The zero-order valence-corrected chi connectivity index (χ0v) is 13.6. The van der Waals surface area contributed by atoms with Crippen molar-refractivity contribution in [2.24, 2.45) is 5.92 Å². The van der Waals surface area contributed by atoms with Crippen LogP contribution in [0.5, 0.6) is 0 Å². The maximum Gasteiger partial charge on any atom is 0.0236 e. The normalized spacial score (nSPS) is 20.5. The quantitative estimate of drug-likeness (QED) is 0.884. The van der Waals surface area contributed by atoms with Gasteiger partial charge in [0.15, 0.2) is 0 Å². The van der Waals surface area contributed by atoms with Gasteiger partial charge in [0.25, 0.3) is 0 Å². The van der Waals surface area contributed by atoms with E-state index >= 15 is 0 Å². The van der Waals surface area contributed by atoms with Crippen molar-refractivity contribution in [1.82, 2.24) is 10.2 Å². The lowest BCUT2D eigenvalue weighted by Gasteiger charge is -2.22. The van der Waals surface area contributed by atoms with Gasteiger partial charge in [-0.1, -0.05) is 31.2 Å². The second-order valence-corrected chi connectivity index (χ2v) is 7.32. The predicted molar refractivity (Wildman–Crippen MR) is 87.0 cm³/mol. The fourth-order valence-electron chi connectivity index (χ4n) is 2.94. The molecule has 1 saturated heterocycles. The number of likely N-dealkylation sites (tertiary alicyclic amines) is 1. The molecule has 1 aromatic rings. The summed E-state index contributed by atoms with van der Waals surface area (Å²) in [6.45, 7) is 13.7. The fourth-order valence-corrected chi connectivity index (χ4v) is 2.94. The van der Waals surface area contributed by atoms with Gasteiger partial charge in [-0.3, -0.25) is 4.90 Å². The number of nitrogens with one attached hydrogen (secondary N) is 1. The minimum atomic E-state index is 0.208. The van der Waals surface area contributed by atoms with Crippen molar-refractivity contribution in [2.75, 3.05) is 19.6 Å². The molecular weight excluding hydrogens is 244 g/mol. The molecule has 0 spiro atoms. The van der Waals surface area contributed by atoms with Crippen LogP contribution in [-0.2, 0) is 13.0 Å². The molecule has 1 aliphatic heterocycles. The van der Waals surface area contributed by atoms with Crippen molar-refractivity contribution >= 4 is 0 Å². The maximum absolute atomic E-state index is 3.58. The Morgan fingerprint density at radius 1 is 1.20 bits per heavy atom. The van der Waals surface area contributed by atoms with Gasteiger partial charge in [-0.25, -0.2) is 0 Å². The molecule has 112 valence electrons. The summed E-state index contributed by atoms with van der Waals surface area (Å²) in [6.07, 6.45) is 2.48. The van der Waals surface area contributed by atoms with E-state index in [0.29, 0.717) is 0 Å². The Bertz CT molecular complexity index is 420. The molecule has 2 rings (SSSR count). The molecule has 2 heteroatoms. The second-order valence-electron chi connectivity index (χ2n) is 7.32. The Morgan fingerprint density at radius 3 is 2.50 bits per heavy atom. The molecule has 1 atom stereocenters. The lowest BCUT2D eigenvalue weighted by Crippen LogP contribution is -2.37. The monoisotopic (exact) mass is 274 g/mol. The molecule has 0 bridgehead atoms. The lowest BCUT2D eigenvalue weighted by molar-refractivity contribution is 0.319. The third-order valence-electron chi connectivity index (χ3n) is 4.07. The van der Waals surface area contributed by atoms with Crippen LogP contribution < -0.4 is 5.32 Å². The Kier molecular flexibility index (Phi) is 5.22. The van der Waals surface area contributed by atoms with Gasteiger partial charge >= 0.3 is 0 Å². The van der Waals surface area contributed by atoms with Crippen LogP contribution in [0, 0.1) is 5.92 Å². The van der Waals surface area contributed by atoms with Crippen LogP contribution in [0.3, 0.4) is 0 Å². The number of benzene rings is 1. The minimum Gasteiger partial charge on any atom is -0.312 e. The van der Waals surface area contributed by atoms with Crippen molar-refractivity contribution < 1.29 is 0 Å². The summed E-state index contributed by atoms with van der Waals surface area (Å²) in [4.78, 5) is 2.60. The maximum atomic E-state index is 3.58. The molecule has 1 aliphatic rings. The van der Waals surface area contributed by atoms with Gasteiger partial charge in [-0.05, 0) is 63.7 Å². The summed E-state index contributed by atoms with van der Waals surface area (Å²) < 4.78 is 0. The first-order valence-electron chi connectivity index (χ1n) is 7.98. The average Bonchev–Trinajstić information content (AvgIpc) is 2.75. The standard InChI is InChI=1S/C18H30N2/c1-15-10-12-20(13-15)14-17-8-6-5-7-16(17)9-11-19-18(2,3)4/h5-8,15,19H,9-14H2,1-4H3. The minimum absolute atomic E-state index is 0.208. The van der Waals surface area contributed by atoms with E-state index in [0.717, 1.165) is 25.4 Å². The Hall–Kier alpha value is -0.860. The topological polar surface area (TPSA) is 15.3 Å². The summed E-state index contributed by atoms with van der Waals surface area (Å²) in [7, 11) is 0. The number of rotatable bonds is 5. The smallest absolute Gasteiger partial charge is 0.0236 e. The van der Waals surface area contributed by atoms with Crippen molar-refractivity contribution in [2.45, 2.75) is 52.6 Å². The van der Waals surface area contributed by atoms with Gasteiger partial charge < -0.3 is 5.32 Å². The largest absolute Gasteiger partial charge is 0.312 e. The molecular formula is C18H30N2. The molecule has 0 saturated carbocycles. The average molecular weight is 274 g/mol. The lowest BCUT2D eigenvalue weighted by atomic mass is 10.0.